The van der Waals surface area contributed by atoms with Gasteiger partial charge in [-0.1, -0.05) is 41.9 Å². The van der Waals surface area contributed by atoms with Crippen LogP contribution in [0.25, 0.3) is 22.0 Å². The van der Waals surface area contributed by atoms with Gasteiger partial charge in [0.05, 0.1) is 34.2 Å². The Hall–Kier alpha value is -4.11. The van der Waals surface area contributed by atoms with Gasteiger partial charge in [0.15, 0.2) is 5.82 Å². The Bertz CT molecular complexity index is 1800. The van der Waals surface area contributed by atoms with Gasteiger partial charge in [-0.05, 0) is 54.4 Å². The SMILES string of the molecule is Cc1c(Cc2nccc3cc(CO)cnc23)cccc1-c1cccc(NC(=O)c2nc3c(n2C)CCN(C)C3)c1Cl. The van der Waals surface area contributed by atoms with Crippen LogP contribution in [0.5, 0.6) is 0 Å². The molecular weight excluding hydrogens is 536 g/mol. The third-order valence-electron chi connectivity index (χ3n) is 7.90. The van der Waals surface area contributed by atoms with E-state index >= 15 is 0 Å². The normalized spacial score (nSPS) is 13.4. The molecule has 3 aromatic heterocycles. The van der Waals surface area contributed by atoms with Crippen LogP contribution < -0.4 is 5.32 Å². The molecule has 1 aliphatic heterocycles. The number of amides is 1. The summed E-state index contributed by atoms with van der Waals surface area (Å²) in [5.74, 6) is 0.0974. The van der Waals surface area contributed by atoms with E-state index in [4.69, 9.17) is 11.6 Å². The number of aliphatic hydroxyl groups is 1. The second-order valence-electron chi connectivity index (χ2n) is 10.6. The van der Waals surface area contributed by atoms with E-state index in [0.29, 0.717) is 23.0 Å². The maximum Gasteiger partial charge on any atom is 0.291 e. The summed E-state index contributed by atoms with van der Waals surface area (Å²) in [5.41, 5.74) is 9.03. The first kappa shape index (κ1) is 27.1. The lowest BCUT2D eigenvalue weighted by molar-refractivity contribution is 0.101. The molecule has 2 aromatic carbocycles. The third-order valence-corrected chi connectivity index (χ3v) is 8.31. The molecule has 208 valence electrons. The number of carbonyl (C=O) groups is 1. The van der Waals surface area contributed by atoms with Crippen molar-refractivity contribution in [2.75, 3.05) is 18.9 Å². The van der Waals surface area contributed by atoms with Crippen molar-refractivity contribution < 1.29 is 9.90 Å². The molecule has 0 aliphatic carbocycles. The number of rotatable bonds is 6. The molecule has 4 heterocycles. The summed E-state index contributed by atoms with van der Waals surface area (Å²) >= 11 is 6.93. The molecule has 0 atom stereocenters. The molecule has 6 rings (SSSR count). The van der Waals surface area contributed by atoms with Crippen LogP contribution in [0.2, 0.25) is 5.02 Å². The number of imidazole rings is 1. The van der Waals surface area contributed by atoms with Crippen molar-refractivity contribution in [3.8, 4) is 11.1 Å². The first-order chi connectivity index (χ1) is 19.8. The zero-order chi connectivity index (χ0) is 28.7. The number of nitrogens with one attached hydrogen (secondary N) is 1. The largest absolute Gasteiger partial charge is 0.392 e. The number of hydrogen-bond donors (Lipinski definition) is 2. The van der Waals surface area contributed by atoms with Gasteiger partial charge in [-0.25, -0.2) is 4.98 Å². The number of benzene rings is 2. The molecule has 1 aliphatic rings. The molecule has 0 saturated carbocycles. The monoisotopic (exact) mass is 566 g/mol. The highest BCUT2D eigenvalue weighted by atomic mass is 35.5. The van der Waals surface area contributed by atoms with Gasteiger partial charge in [0.1, 0.15) is 0 Å². The van der Waals surface area contributed by atoms with E-state index in [-0.39, 0.29) is 12.5 Å². The zero-order valence-corrected chi connectivity index (χ0v) is 24.0. The van der Waals surface area contributed by atoms with Gasteiger partial charge < -0.3 is 19.9 Å². The number of aromatic nitrogens is 4. The van der Waals surface area contributed by atoms with Crippen LogP contribution in [0.1, 0.15) is 44.4 Å². The predicted octanol–water partition coefficient (Wildman–Crippen LogP) is 5.32. The van der Waals surface area contributed by atoms with Gasteiger partial charge in [0, 0.05) is 62.0 Å². The summed E-state index contributed by atoms with van der Waals surface area (Å²) in [5, 5.41) is 13.9. The van der Waals surface area contributed by atoms with Gasteiger partial charge in [-0.15, -0.1) is 0 Å². The molecule has 8 nitrogen and oxygen atoms in total. The first-order valence-electron chi connectivity index (χ1n) is 13.6. The standard InChI is InChI=1S/C32H31ClN6O2/c1-19-21(15-26-30-22(10-12-34-26)14-20(18-40)16-35-30)6-4-7-23(19)24-8-5-9-25(29(24)33)37-32(41)31-36-27-17-38(2)13-11-28(27)39(31)3/h4-10,12,14,16,40H,11,13,15,17-18H2,1-3H3,(H,37,41). The molecular formula is C32H31ClN6O2. The Morgan fingerprint density at radius 2 is 1.90 bits per heavy atom. The van der Waals surface area contributed by atoms with Crippen LogP contribution in [-0.4, -0.2) is 49.0 Å². The minimum absolute atomic E-state index is 0.0522. The minimum atomic E-state index is -0.284. The van der Waals surface area contributed by atoms with E-state index in [1.807, 2.05) is 54.1 Å². The summed E-state index contributed by atoms with van der Waals surface area (Å²) in [7, 11) is 3.95. The van der Waals surface area contributed by atoms with Crippen LogP contribution in [0.15, 0.2) is 60.9 Å². The second kappa shape index (κ2) is 11.0. The Labute approximate surface area is 243 Å². The average molecular weight is 567 g/mol. The lowest BCUT2D eigenvalue weighted by Crippen LogP contribution is -2.27. The van der Waals surface area contributed by atoms with E-state index in [1.54, 1.807) is 12.4 Å². The van der Waals surface area contributed by atoms with Gasteiger partial charge in [0.2, 0.25) is 0 Å². The van der Waals surface area contributed by atoms with Crippen LogP contribution in [0.3, 0.4) is 0 Å². The molecule has 0 spiro atoms. The maximum absolute atomic E-state index is 13.3. The van der Waals surface area contributed by atoms with Crippen LogP contribution in [-0.2, 0) is 33.0 Å². The van der Waals surface area contributed by atoms with Crippen LogP contribution in [0, 0.1) is 6.92 Å². The van der Waals surface area contributed by atoms with Gasteiger partial charge in [-0.2, -0.15) is 0 Å². The van der Waals surface area contributed by atoms with Crippen molar-refractivity contribution in [1.82, 2.24) is 24.4 Å². The Kier molecular flexibility index (Phi) is 7.30. The molecule has 1 amide bonds. The Balaban J connectivity index is 1.29. The van der Waals surface area contributed by atoms with Gasteiger partial charge >= 0.3 is 0 Å². The number of pyridine rings is 2. The molecule has 0 unspecified atom stereocenters. The fourth-order valence-electron chi connectivity index (χ4n) is 5.60. The lowest BCUT2D eigenvalue weighted by atomic mass is 9.93. The first-order valence-corrected chi connectivity index (χ1v) is 14.0. The lowest BCUT2D eigenvalue weighted by Gasteiger charge is -2.21. The number of nitrogens with zero attached hydrogens (tertiary/aromatic N) is 5. The highest BCUT2D eigenvalue weighted by Crippen LogP contribution is 2.37. The van der Waals surface area contributed by atoms with E-state index in [0.717, 1.165) is 75.3 Å². The number of halogens is 1. The van der Waals surface area contributed by atoms with Crippen molar-refractivity contribution in [3.63, 3.8) is 0 Å². The third kappa shape index (κ3) is 5.10. The van der Waals surface area contributed by atoms with Crippen molar-refractivity contribution in [1.29, 1.82) is 0 Å². The number of carbonyl (C=O) groups excluding carboxylic acids is 1. The van der Waals surface area contributed by atoms with Gasteiger partial charge in [-0.3, -0.25) is 14.8 Å². The fourth-order valence-corrected chi connectivity index (χ4v) is 5.88. The number of likely N-dealkylation sites (N-methyl/N-ethyl adjacent to an activating group) is 1. The van der Waals surface area contributed by atoms with E-state index in [1.165, 1.54) is 0 Å². The highest BCUT2D eigenvalue weighted by molar-refractivity contribution is 6.36. The molecule has 5 aromatic rings. The van der Waals surface area contributed by atoms with Crippen LogP contribution >= 0.6 is 11.6 Å². The highest BCUT2D eigenvalue weighted by Gasteiger charge is 2.24. The van der Waals surface area contributed by atoms with Crippen molar-refractivity contribution >= 4 is 34.1 Å². The summed E-state index contributed by atoms with van der Waals surface area (Å²) in [6.07, 6.45) is 4.92. The van der Waals surface area contributed by atoms with E-state index in [9.17, 15) is 9.90 Å². The smallest absolute Gasteiger partial charge is 0.291 e. The number of fused-ring (bicyclic) bond motifs is 2. The summed E-state index contributed by atoms with van der Waals surface area (Å²) in [6, 6.07) is 15.7. The summed E-state index contributed by atoms with van der Waals surface area (Å²) in [6.45, 7) is 3.70. The predicted molar refractivity (Wildman–Crippen MR) is 161 cm³/mol. The minimum Gasteiger partial charge on any atom is -0.392 e. The molecule has 0 radical (unpaired) electrons. The number of anilines is 1. The number of aliphatic hydroxyl groups excluding tert-OH is 1. The molecule has 0 bridgehead atoms. The quantitative estimate of drug-likeness (QED) is 0.289. The average Bonchev–Trinajstić information content (AvgIpc) is 3.30. The van der Waals surface area contributed by atoms with E-state index in [2.05, 4.69) is 45.2 Å². The Morgan fingerprint density at radius 1 is 1.10 bits per heavy atom. The van der Waals surface area contributed by atoms with Crippen molar-refractivity contribution in [2.24, 2.45) is 7.05 Å². The topological polar surface area (TPSA) is 96.2 Å². The van der Waals surface area contributed by atoms with Crippen molar-refractivity contribution in [2.45, 2.75) is 32.9 Å². The fraction of sp³-hybridized carbons (Fsp3) is 0.250. The van der Waals surface area contributed by atoms with Gasteiger partial charge in [0.25, 0.3) is 5.91 Å². The van der Waals surface area contributed by atoms with E-state index < -0.39 is 0 Å². The molecule has 0 saturated heterocycles. The summed E-state index contributed by atoms with van der Waals surface area (Å²) < 4.78 is 1.89. The zero-order valence-electron chi connectivity index (χ0n) is 23.3. The molecule has 41 heavy (non-hydrogen) atoms. The maximum atomic E-state index is 13.3. The molecule has 0 fully saturated rings. The second-order valence-corrected chi connectivity index (χ2v) is 11.0. The molecule has 2 N–H and O–H groups in total. The van der Waals surface area contributed by atoms with Crippen molar-refractivity contribution in [3.05, 3.63) is 106 Å². The number of hydrogen-bond acceptors (Lipinski definition) is 6. The Morgan fingerprint density at radius 3 is 2.73 bits per heavy atom. The molecule has 9 heteroatoms. The summed E-state index contributed by atoms with van der Waals surface area (Å²) in [4.78, 5) is 29.4. The van der Waals surface area contributed by atoms with Crippen LogP contribution in [0.4, 0.5) is 5.69 Å².